The number of hydrogen-bond donors (Lipinski definition) is 2. The summed E-state index contributed by atoms with van der Waals surface area (Å²) in [6.07, 6.45) is 1.21. The van der Waals surface area contributed by atoms with Crippen molar-refractivity contribution in [2.45, 2.75) is 12.8 Å². The largest absolute Gasteiger partial charge is 0.399 e. The lowest BCUT2D eigenvalue weighted by Crippen LogP contribution is -2.27. The van der Waals surface area contributed by atoms with Crippen molar-refractivity contribution in [1.82, 2.24) is 5.32 Å². The average molecular weight is 304 g/mol. The average Bonchev–Trinajstić information content (AvgIpc) is 2.56. The van der Waals surface area contributed by atoms with Gasteiger partial charge in [-0.1, -0.05) is 54.6 Å². The van der Waals surface area contributed by atoms with Crippen molar-refractivity contribution in [3.05, 3.63) is 77.9 Å². The van der Waals surface area contributed by atoms with Gasteiger partial charge in [-0.2, -0.15) is 0 Å². The third-order valence-corrected chi connectivity index (χ3v) is 3.92. The molecule has 23 heavy (non-hydrogen) atoms. The fraction of sp³-hybridized carbons (Fsp3) is 0.150. The van der Waals surface area contributed by atoms with E-state index >= 15 is 0 Å². The summed E-state index contributed by atoms with van der Waals surface area (Å²) in [7, 11) is 0. The predicted octanol–water partition coefficient (Wildman–Crippen LogP) is 3.32. The van der Waals surface area contributed by atoms with Gasteiger partial charge in [-0.05, 0) is 40.5 Å². The summed E-state index contributed by atoms with van der Waals surface area (Å²) in [4.78, 5) is 12.0. The summed E-state index contributed by atoms with van der Waals surface area (Å²) in [5.41, 5.74) is 8.88. The quantitative estimate of drug-likeness (QED) is 0.710. The number of nitrogen functional groups attached to an aromatic ring is 1. The van der Waals surface area contributed by atoms with Gasteiger partial charge < -0.3 is 11.1 Å². The Balaban J connectivity index is 1.60. The molecule has 0 aliphatic carbocycles. The van der Waals surface area contributed by atoms with Crippen molar-refractivity contribution in [3.8, 4) is 0 Å². The third-order valence-electron chi connectivity index (χ3n) is 3.92. The molecule has 3 aromatic rings. The number of carbonyl (C=O) groups excluding carboxylic acids is 1. The van der Waals surface area contributed by atoms with Crippen LogP contribution >= 0.6 is 0 Å². The standard InChI is InChI=1S/C20H20N2O/c21-18-10-9-16-7-4-8-17(19(16)14-18)11-12-22-20(23)13-15-5-2-1-3-6-15/h1-10,14H,11-13,21H2,(H,22,23). The highest BCUT2D eigenvalue weighted by molar-refractivity contribution is 5.88. The maximum Gasteiger partial charge on any atom is 0.224 e. The zero-order valence-electron chi connectivity index (χ0n) is 13.0. The van der Waals surface area contributed by atoms with Crippen LogP contribution in [0.5, 0.6) is 0 Å². The van der Waals surface area contributed by atoms with Crippen LogP contribution in [0, 0.1) is 0 Å². The van der Waals surface area contributed by atoms with E-state index in [0.29, 0.717) is 13.0 Å². The number of anilines is 1. The molecule has 0 bridgehead atoms. The summed E-state index contributed by atoms with van der Waals surface area (Å²) in [6.45, 7) is 0.625. The van der Waals surface area contributed by atoms with Gasteiger partial charge in [-0.25, -0.2) is 0 Å². The molecule has 116 valence electrons. The molecule has 0 spiro atoms. The topological polar surface area (TPSA) is 55.1 Å². The Hall–Kier alpha value is -2.81. The van der Waals surface area contributed by atoms with Gasteiger partial charge in [0.2, 0.25) is 5.91 Å². The van der Waals surface area contributed by atoms with E-state index in [4.69, 9.17) is 5.73 Å². The fourth-order valence-electron chi connectivity index (χ4n) is 2.75. The summed E-state index contributed by atoms with van der Waals surface area (Å²) < 4.78 is 0. The van der Waals surface area contributed by atoms with Gasteiger partial charge in [0.15, 0.2) is 0 Å². The van der Waals surface area contributed by atoms with Crippen molar-refractivity contribution in [3.63, 3.8) is 0 Å². The molecule has 0 heterocycles. The molecule has 0 saturated heterocycles. The zero-order chi connectivity index (χ0) is 16.1. The molecule has 0 radical (unpaired) electrons. The molecular formula is C20H20N2O. The third kappa shape index (κ3) is 3.89. The second-order valence-electron chi connectivity index (χ2n) is 5.66. The number of amides is 1. The molecule has 0 aromatic heterocycles. The van der Waals surface area contributed by atoms with Crippen LogP contribution in [0.3, 0.4) is 0 Å². The van der Waals surface area contributed by atoms with Gasteiger partial charge in [0.25, 0.3) is 0 Å². The second-order valence-corrected chi connectivity index (χ2v) is 5.66. The first-order chi connectivity index (χ1) is 11.2. The van der Waals surface area contributed by atoms with E-state index in [9.17, 15) is 4.79 Å². The molecule has 3 heteroatoms. The second kappa shape index (κ2) is 6.97. The SMILES string of the molecule is Nc1ccc2cccc(CCNC(=O)Cc3ccccc3)c2c1. The first-order valence-corrected chi connectivity index (χ1v) is 7.80. The minimum absolute atomic E-state index is 0.0518. The zero-order valence-corrected chi connectivity index (χ0v) is 13.0. The van der Waals surface area contributed by atoms with Crippen LogP contribution in [0.2, 0.25) is 0 Å². The van der Waals surface area contributed by atoms with Crippen LogP contribution < -0.4 is 11.1 Å². The molecule has 3 N–H and O–H groups in total. The fourth-order valence-corrected chi connectivity index (χ4v) is 2.75. The summed E-state index contributed by atoms with van der Waals surface area (Å²) in [6, 6.07) is 21.9. The highest BCUT2D eigenvalue weighted by Gasteiger charge is 2.05. The van der Waals surface area contributed by atoms with Gasteiger partial charge in [-0.15, -0.1) is 0 Å². The van der Waals surface area contributed by atoms with E-state index in [2.05, 4.69) is 17.4 Å². The number of rotatable bonds is 5. The maximum absolute atomic E-state index is 12.0. The van der Waals surface area contributed by atoms with Crippen LogP contribution in [0.25, 0.3) is 10.8 Å². The molecule has 3 nitrogen and oxygen atoms in total. The van der Waals surface area contributed by atoms with Crippen LogP contribution in [-0.2, 0) is 17.6 Å². The maximum atomic E-state index is 12.0. The smallest absolute Gasteiger partial charge is 0.224 e. The molecule has 3 aromatic carbocycles. The molecule has 0 aliphatic heterocycles. The Morgan fingerprint density at radius 3 is 2.61 bits per heavy atom. The molecule has 0 saturated carbocycles. The molecular weight excluding hydrogens is 284 g/mol. The Kier molecular flexibility index (Phi) is 4.57. The monoisotopic (exact) mass is 304 g/mol. The number of nitrogens with two attached hydrogens (primary N) is 1. The Morgan fingerprint density at radius 2 is 1.78 bits per heavy atom. The lowest BCUT2D eigenvalue weighted by Gasteiger charge is -2.09. The Bertz CT molecular complexity index is 812. The number of hydrogen-bond acceptors (Lipinski definition) is 2. The van der Waals surface area contributed by atoms with Crippen molar-refractivity contribution >= 4 is 22.4 Å². The van der Waals surface area contributed by atoms with Crippen molar-refractivity contribution < 1.29 is 4.79 Å². The number of carbonyl (C=O) groups is 1. The summed E-state index contributed by atoms with van der Waals surface area (Å²) >= 11 is 0. The number of nitrogens with one attached hydrogen (secondary N) is 1. The van der Waals surface area contributed by atoms with E-state index in [1.54, 1.807) is 0 Å². The molecule has 0 unspecified atom stereocenters. The van der Waals surface area contributed by atoms with E-state index in [-0.39, 0.29) is 5.91 Å². The first kappa shape index (κ1) is 15.1. The molecule has 0 atom stereocenters. The number of fused-ring (bicyclic) bond motifs is 1. The van der Waals surface area contributed by atoms with Crippen molar-refractivity contribution in [1.29, 1.82) is 0 Å². The van der Waals surface area contributed by atoms with Gasteiger partial charge in [0, 0.05) is 12.2 Å². The van der Waals surface area contributed by atoms with Crippen LogP contribution in [0.4, 0.5) is 5.69 Å². The van der Waals surface area contributed by atoms with Gasteiger partial charge in [0.1, 0.15) is 0 Å². The van der Waals surface area contributed by atoms with Crippen LogP contribution in [0.1, 0.15) is 11.1 Å². The lowest BCUT2D eigenvalue weighted by molar-refractivity contribution is -0.120. The predicted molar refractivity (Wildman–Crippen MR) is 95.2 cm³/mol. The minimum Gasteiger partial charge on any atom is -0.399 e. The molecule has 1 amide bonds. The number of benzene rings is 3. The lowest BCUT2D eigenvalue weighted by atomic mass is 10.0. The normalized spacial score (nSPS) is 10.6. The summed E-state index contributed by atoms with van der Waals surface area (Å²) in [5, 5.41) is 5.32. The van der Waals surface area contributed by atoms with Gasteiger partial charge >= 0.3 is 0 Å². The van der Waals surface area contributed by atoms with E-state index in [1.165, 1.54) is 10.9 Å². The van der Waals surface area contributed by atoms with Crippen molar-refractivity contribution in [2.24, 2.45) is 0 Å². The van der Waals surface area contributed by atoms with Crippen molar-refractivity contribution in [2.75, 3.05) is 12.3 Å². The molecule has 3 rings (SSSR count). The van der Waals surface area contributed by atoms with Gasteiger partial charge in [0.05, 0.1) is 6.42 Å². The Morgan fingerprint density at radius 1 is 0.957 bits per heavy atom. The molecule has 0 fully saturated rings. The van der Waals surface area contributed by atoms with Gasteiger partial charge in [-0.3, -0.25) is 4.79 Å². The first-order valence-electron chi connectivity index (χ1n) is 7.80. The Labute approximate surface area is 136 Å². The van der Waals surface area contributed by atoms with E-state index < -0.39 is 0 Å². The van der Waals surface area contributed by atoms with Crippen LogP contribution in [-0.4, -0.2) is 12.5 Å². The molecule has 0 aliphatic rings. The summed E-state index contributed by atoms with van der Waals surface area (Å²) in [5.74, 6) is 0.0518. The van der Waals surface area contributed by atoms with E-state index in [0.717, 1.165) is 23.1 Å². The highest BCUT2D eigenvalue weighted by Crippen LogP contribution is 2.21. The van der Waals surface area contributed by atoms with E-state index in [1.807, 2.05) is 54.6 Å². The van der Waals surface area contributed by atoms with Crippen LogP contribution in [0.15, 0.2) is 66.7 Å². The highest BCUT2D eigenvalue weighted by atomic mass is 16.1. The minimum atomic E-state index is 0.0518.